The monoisotopic (exact) mass is 435 g/mol. The lowest BCUT2D eigenvalue weighted by Crippen LogP contribution is -2.30. The van der Waals surface area contributed by atoms with Crippen LogP contribution in [0.3, 0.4) is 0 Å². The van der Waals surface area contributed by atoms with E-state index in [4.69, 9.17) is 0 Å². The molecule has 0 aliphatic rings. The lowest BCUT2D eigenvalue weighted by molar-refractivity contribution is 0.102. The number of hydrogen-bond donors (Lipinski definition) is 1. The first-order valence-electron chi connectivity index (χ1n) is 8.78. The van der Waals surface area contributed by atoms with Gasteiger partial charge >= 0.3 is 0 Å². The largest absolute Gasteiger partial charge is 0.298 e. The number of sulfonamides is 1. The van der Waals surface area contributed by atoms with Crippen LogP contribution in [0, 0.1) is 6.92 Å². The number of hydrogen-bond acceptors (Lipinski definition) is 6. The zero-order chi connectivity index (χ0) is 20.3. The van der Waals surface area contributed by atoms with Crippen molar-refractivity contribution in [2.24, 2.45) is 0 Å². The molecule has 3 rings (SSSR count). The van der Waals surface area contributed by atoms with Crippen LogP contribution < -0.4 is 5.32 Å². The van der Waals surface area contributed by atoms with Gasteiger partial charge in [-0.05, 0) is 36.1 Å². The molecule has 28 heavy (non-hydrogen) atoms. The summed E-state index contributed by atoms with van der Waals surface area (Å²) in [6.07, 6.45) is 0. The molecule has 6 nitrogen and oxygen atoms in total. The first-order valence-corrected chi connectivity index (χ1v) is 12.0. The molecule has 0 spiro atoms. The van der Waals surface area contributed by atoms with Crippen molar-refractivity contribution in [3.05, 3.63) is 52.2 Å². The van der Waals surface area contributed by atoms with Crippen molar-refractivity contribution in [2.75, 3.05) is 18.4 Å². The van der Waals surface area contributed by atoms with E-state index in [1.807, 2.05) is 22.9 Å². The van der Waals surface area contributed by atoms with Crippen molar-refractivity contribution >= 4 is 43.7 Å². The Morgan fingerprint density at radius 3 is 2.57 bits per heavy atom. The molecule has 9 heteroatoms. The summed E-state index contributed by atoms with van der Waals surface area (Å²) in [5.41, 5.74) is 1.83. The molecule has 0 radical (unpaired) electrons. The fourth-order valence-electron chi connectivity index (χ4n) is 2.75. The smallest absolute Gasteiger partial charge is 0.257 e. The van der Waals surface area contributed by atoms with Crippen molar-refractivity contribution in [2.45, 2.75) is 25.7 Å². The molecule has 1 aromatic carbocycles. The minimum atomic E-state index is -3.63. The van der Waals surface area contributed by atoms with Crippen LogP contribution in [0.25, 0.3) is 10.6 Å². The molecular formula is C19H21N3O3S3. The molecule has 3 aromatic rings. The molecule has 2 heterocycles. The highest BCUT2D eigenvalue weighted by Gasteiger charge is 2.23. The predicted molar refractivity (Wildman–Crippen MR) is 115 cm³/mol. The van der Waals surface area contributed by atoms with Gasteiger partial charge in [-0.2, -0.15) is 4.31 Å². The van der Waals surface area contributed by atoms with Crippen LogP contribution in [0.1, 0.15) is 29.8 Å². The molecule has 0 aliphatic carbocycles. The molecule has 2 aromatic heterocycles. The summed E-state index contributed by atoms with van der Waals surface area (Å²) in [5, 5.41) is 7.11. The number of aromatic nitrogens is 1. The zero-order valence-electron chi connectivity index (χ0n) is 15.8. The van der Waals surface area contributed by atoms with Crippen LogP contribution in [-0.4, -0.2) is 36.7 Å². The fraction of sp³-hybridized carbons (Fsp3) is 0.263. The molecule has 0 atom stereocenters. The fourth-order valence-corrected chi connectivity index (χ4v) is 5.70. The maximum Gasteiger partial charge on any atom is 0.257 e. The van der Waals surface area contributed by atoms with Crippen LogP contribution in [-0.2, 0) is 10.0 Å². The molecule has 0 unspecified atom stereocenters. The van der Waals surface area contributed by atoms with E-state index in [2.05, 4.69) is 10.3 Å². The number of rotatable bonds is 7. The Labute approximate surface area is 172 Å². The highest BCUT2D eigenvalue weighted by atomic mass is 32.2. The van der Waals surface area contributed by atoms with Crippen molar-refractivity contribution < 1.29 is 13.2 Å². The number of aryl methyl sites for hydroxylation is 1. The maximum absolute atomic E-state index is 12.8. The number of nitrogens with one attached hydrogen (secondary N) is 1. The lowest BCUT2D eigenvalue weighted by Gasteiger charge is -2.19. The van der Waals surface area contributed by atoms with Gasteiger partial charge in [0.05, 0.1) is 15.5 Å². The first-order chi connectivity index (χ1) is 13.4. The van der Waals surface area contributed by atoms with E-state index >= 15 is 0 Å². The number of carbonyl (C=O) groups excluding carboxylic acids is 1. The molecule has 1 N–H and O–H groups in total. The number of thiophene rings is 1. The molecular weight excluding hydrogens is 414 g/mol. The molecule has 0 saturated heterocycles. The molecule has 1 amide bonds. The SMILES string of the molecule is CCN(CC)S(=O)(=O)c1ccc(C)c(C(=O)Nc2nc(-c3cccs3)cs2)c1. The quantitative estimate of drug-likeness (QED) is 0.594. The third-order valence-electron chi connectivity index (χ3n) is 4.30. The minimum absolute atomic E-state index is 0.116. The second-order valence-electron chi connectivity index (χ2n) is 6.04. The summed E-state index contributed by atoms with van der Waals surface area (Å²) in [5.74, 6) is -0.374. The van der Waals surface area contributed by atoms with Gasteiger partial charge in [-0.15, -0.1) is 22.7 Å². The van der Waals surface area contributed by atoms with Gasteiger partial charge in [0.15, 0.2) is 5.13 Å². The van der Waals surface area contributed by atoms with Gasteiger partial charge in [0.1, 0.15) is 0 Å². The highest BCUT2D eigenvalue weighted by molar-refractivity contribution is 7.89. The van der Waals surface area contributed by atoms with Crippen LogP contribution >= 0.6 is 22.7 Å². The number of anilines is 1. The normalized spacial score (nSPS) is 11.7. The van der Waals surface area contributed by atoms with Crippen molar-refractivity contribution in [3.8, 4) is 10.6 Å². The third-order valence-corrected chi connectivity index (χ3v) is 7.99. The Bertz CT molecular complexity index is 1070. The second-order valence-corrected chi connectivity index (χ2v) is 9.78. The summed E-state index contributed by atoms with van der Waals surface area (Å²) >= 11 is 2.91. The van der Waals surface area contributed by atoms with Gasteiger partial charge < -0.3 is 0 Å². The van der Waals surface area contributed by atoms with Crippen LogP contribution in [0.4, 0.5) is 5.13 Å². The van der Waals surface area contributed by atoms with E-state index in [9.17, 15) is 13.2 Å². The van der Waals surface area contributed by atoms with Crippen molar-refractivity contribution in [1.82, 2.24) is 9.29 Å². The lowest BCUT2D eigenvalue weighted by atomic mass is 10.1. The average Bonchev–Trinajstić information content (AvgIpc) is 3.34. The van der Waals surface area contributed by atoms with E-state index in [0.717, 1.165) is 10.6 Å². The number of thiazole rings is 1. The molecule has 0 bridgehead atoms. The second kappa shape index (κ2) is 8.52. The van der Waals surface area contributed by atoms with E-state index in [1.165, 1.54) is 27.8 Å². The molecule has 0 saturated carbocycles. The van der Waals surface area contributed by atoms with Crippen LogP contribution in [0.2, 0.25) is 0 Å². The minimum Gasteiger partial charge on any atom is -0.298 e. The van der Waals surface area contributed by atoms with E-state index in [1.54, 1.807) is 38.2 Å². The standard InChI is InChI=1S/C19H21N3O3S3/c1-4-22(5-2)28(24,25)14-9-8-13(3)15(11-14)18(23)21-19-20-16(12-27-19)17-7-6-10-26-17/h6-12H,4-5H2,1-3H3,(H,20,21,23). The number of amides is 1. The predicted octanol–water partition coefficient (Wildman–Crippen LogP) is 4.46. The summed E-state index contributed by atoms with van der Waals surface area (Å²) in [4.78, 5) is 18.4. The topological polar surface area (TPSA) is 79.4 Å². The summed E-state index contributed by atoms with van der Waals surface area (Å²) in [6, 6.07) is 8.55. The number of carbonyl (C=O) groups is 1. The highest BCUT2D eigenvalue weighted by Crippen LogP contribution is 2.29. The average molecular weight is 436 g/mol. The van der Waals surface area contributed by atoms with E-state index in [0.29, 0.717) is 29.3 Å². The Balaban J connectivity index is 1.86. The number of benzene rings is 1. The van der Waals surface area contributed by atoms with Gasteiger partial charge in [-0.3, -0.25) is 10.1 Å². The molecule has 0 aliphatic heterocycles. The van der Waals surface area contributed by atoms with E-state index < -0.39 is 10.0 Å². The number of nitrogens with zero attached hydrogens (tertiary/aromatic N) is 2. The van der Waals surface area contributed by atoms with Crippen LogP contribution in [0.15, 0.2) is 46.0 Å². The maximum atomic E-state index is 12.8. The molecule has 0 fully saturated rings. The van der Waals surface area contributed by atoms with Gasteiger partial charge in [-0.25, -0.2) is 13.4 Å². The third kappa shape index (κ3) is 4.17. The Kier molecular flexibility index (Phi) is 6.29. The first kappa shape index (κ1) is 20.7. The Morgan fingerprint density at radius 2 is 1.93 bits per heavy atom. The van der Waals surface area contributed by atoms with Gasteiger partial charge in [-0.1, -0.05) is 26.0 Å². The van der Waals surface area contributed by atoms with Crippen molar-refractivity contribution in [3.63, 3.8) is 0 Å². The molecule has 148 valence electrons. The summed E-state index contributed by atoms with van der Waals surface area (Å²) in [6.45, 7) is 6.10. The Hall–Kier alpha value is -2.07. The van der Waals surface area contributed by atoms with Crippen molar-refractivity contribution in [1.29, 1.82) is 0 Å². The van der Waals surface area contributed by atoms with Gasteiger partial charge in [0.2, 0.25) is 10.0 Å². The zero-order valence-corrected chi connectivity index (χ0v) is 18.2. The summed E-state index contributed by atoms with van der Waals surface area (Å²) in [7, 11) is -3.63. The van der Waals surface area contributed by atoms with Gasteiger partial charge in [0.25, 0.3) is 5.91 Å². The Morgan fingerprint density at radius 1 is 1.18 bits per heavy atom. The van der Waals surface area contributed by atoms with E-state index in [-0.39, 0.29) is 10.8 Å². The van der Waals surface area contributed by atoms with Crippen LogP contribution in [0.5, 0.6) is 0 Å². The summed E-state index contributed by atoms with van der Waals surface area (Å²) < 4.78 is 26.9. The van der Waals surface area contributed by atoms with Gasteiger partial charge in [0, 0.05) is 24.0 Å².